The first-order chi connectivity index (χ1) is 20.4. The van der Waals surface area contributed by atoms with Gasteiger partial charge in [-0.15, -0.1) is 0 Å². The summed E-state index contributed by atoms with van der Waals surface area (Å²) in [6.45, 7) is 2.55. The molecule has 0 unspecified atom stereocenters. The minimum atomic E-state index is -0.327. The van der Waals surface area contributed by atoms with E-state index < -0.39 is 0 Å². The van der Waals surface area contributed by atoms with Crippen LogP contribution in [0.15, 0.2) is 108 Å². The van der Waals surface area contributed by atoms with E-state index in [-0.39, 0.29) is 18.0 Å². The van der Waals surface area contributed by atoms with Crippen molar-refractivity contribution in [3.63, 3.8) is 0 Å². The molecule has 4 aromatic carbocycles. The van der Waals surface area contributed by atoms with Gasteiger partial charge in [0.2, 0.25) is 5.82 Å². The van der Waals surface area contributed by atoms with Gasteiger partial charge in [-0.3, -0.25) is 4.79 Å². The van der Waals surface area contributed by atoms with Gasteiger partial charge >= 0.3 is 0 Å². The Morgan fingerprint density at radius 1 is 0.976 bits per heavy atom. The topological polar surface area (TPSA) is 78.9 Å². The highest BCUT2D eigenvalue weighted by Gasteiger charge is 2.19. The van der Waals surface area contributed by atoms with Crippen molar-refractivity contribution < 1.29 is 13.9 Å². The van der Waals surface area contributed by atoms with Gasteiger partial charge in [0, 0.05) is 26.0 Å². The first-order valence-corrected chi connectivity index (χ1v) is 15.0. The number of hydrogen-bond donors (Lipinski definition) is 0. The van der Waals surface area contributed by atoms with Crippen molar-refractivity contribution in [2.45, 2.75) is 13.5 Å². The van der Waals surface area contributed by atoms with Crippen LogP contribution in [0.4, 0.5) is 0 Å². The number of para-hydroxylation sites is 2. The number of ether oxygens (including phenoxy) is 2. The van der Waals surface area contributed by atoms with Crippen LogP contribution in [-0.2, 0) is 6.61 Å². The van der Waals surface area contributed by atoms with Crippen molar-refractivity contribution in [2.75, 3.05) is 6.61 Å². The lowest BCUT2D eigenvalue weighted by Crippen LogP contribution is -2.20. The van der Waals surface area contributed by atoms with Crippen molar-refractivity contribution in [1.29, 1.82) is 0 Å². The molecule has 0 aliphatic heterocycles. The van der Waals surface area contributed by atoms with Crippen LogP contribution in [0.3, 0.4) is 0 Å². The van der Waals surface area contributed by atoms with Gasteiger partial charge < -0.3 is 13.9 Å². The van der Waals surface area contributed by atoms with Gasteiger partial charge in [-0.2, -0.15) is 9.78 Å². The lowest BCUT2D eigenvalue weighted by atomic mass is 10.2. The largest absolute Gasteiger partial charge is 0.490 e. The fourth-order valence-electron chi connectivity index (χ4n) is 4.46. The van der Waals surface area contributed by atoms with Crippen LogP contribution in [-0.4, -0.2) is 22.5 Å². The van der Waals surface area contributed by atoms with Crippen molar-refractivity contribution >= 4 is 71.5 Å². The van der Waals surface area contributed by atoms with Gasteiger partial charge in [0.1, 0.15) is 12.2 Å². The molecule has 7 nitrogen and oxygen atoms in total. The highest BCUT2D eigenvalue weighted by Crippen LogP contribution is 2.43. The van der Waals surface area contributed by atoms with Crippen LogP contribution in [0.25, 0.3) is 33.5 Å². The van der Waals surface area contributed by atoms with Crippen molar-refractivity contribution in [1.82, 2.24) is 9.66 Å². The summed E-state index contributed by atoms with van der Waals surface area (Å²) in [7, 11) is 0. The van der Waals surface area contributed by atoms with Crippen LogP contribution in [0.2, 0.25) is 5.02 Å². The molecule has 0 atom stereocenters. The van der Waals surface area contributed by atoms with Gasteiger partial charge in [-0.1, -0.05) is 60.1 Å². The second kappa shape index (κ2) is 12.1. The molecule has 0 radical (unpaired) electrons. The highest BCUT2D eigenvalue weighted by atomic mass is 79.9. The second-order valence-electron chi connectivity index (χ2n) is 9.20. The highest BCUT2D eigenvalue weighted by molar-refractivity contribution is 9.13. The Labute approximate surface area is 262 Å². The smallest absolute Gasteiger partial charge is 0.282 e. The Bertz CT molecular complexity index is 2000. The van der Waals surface area contributed by atoms with Crippen LogP contribution in [0.5, 0.6) is 11.5 Å². The van der Waals surface area contributed by atoms with E-state index in [4.69, 9.17) is 30.5 Å². The summed E-state index contributed by atoms with van der Waals surface area (Å²) in [4.78, 5) is 18.4. The molecule has 0 amide bonds. The second-order valence-corrected chi connectivity index (χ2v) is 11.2. The maximum atomic E-state index is 13.7. The Hall–Kier alpha value is -3.92. The maximum absolute atomic E-state index is 13.7. The van der Waals surface area contributed by atoms with Crippen molar-refractivity contribution in [3.05, 3.63) is 120 Å². The molecule has 6 aromatic rings. The number of halogens is 3. The molecule has 0 fully saturated rings. The number of hydrogen-bond acceptors (Lipinski definition) is 6. The Morgan fingerprint density at radius 3 is 2.55 bits per heavy atom. The average molecular weight is 708 g/mol. The van der Waals surface area contributed by atoms with Gasteiger partial charge in [-0.25, -0.2) is 4.98 Å². The number of benzene rings is 4. The molecule has 0 spiro atoms. The standard InChI is InChI=1S/C32H22Br2ClN3O4/c1-2-40-26-16-21(28(33)29(34)30(26)41-18-20-10-3-6-12-23(20)35)17-36-38-31(27-15-19-9-4-8-14-25(19)42-27)37-24-13-7-5-11-22(24)32(38)39/h3-17H,2,18H2,1H3. The van der Waals surface area contributed by atoms with Gasteiger partial charge in [-0.05, 0) is 75.2 Å². The van der Waals surface area contributed by atoms with E-state index in [2.05, 4.69) is 37.0 Å². The Morgan fingerprint density at radius 2 is 1.74 bits per heavy atom. The molecule has 0 bridgehead atoms. The molecule has 0 aliphatic rings. The van der Waals surface area contributed by atoms with E-state index in [1.807, 2.05) is 67.6 Å². The SMILES string of the molecule is CCOc1cc(C=Nn2c(-c3cc4ccccc4o3)nc3ccccc3c2=O)c(Br)c(Br)c1OCc1ccccc1Cl. The summed E-state index contributed by atoms with van der Waals surface area (Å²) in [5.74, 6) is 1.72. The molecule has 2 aromatic heterocycles. The van der Waals surface area contributed by atoms with Gasteiger partial charge in [0.25, 0.3) is 5.56 Å². The third kappa shape index (κ3) is 5.47. The molecule has 42 heavy (non-hydrogen) atoms. The summed E-state index contributed by atoms with van der Waals surface area (Å²) >= 11 is 13.6. The quantitative estimate of drug-likeness (QED) is 0.148. The first-order valence-electron chi connectivity index (χ1n) is 13.0. The maximum Gasteiger partial charge on any atom is 0.282 e. The van der Waals surface area contributed by atoms with Gasteiger partial charge in [0.15, 0.2) is 17.3 Å². The Kier molecular flexibility index (Phi) is 8.15. The number of fused-ring (bicyclic) bond motifs is 2. The van der Waals surface area contributed by atoms with E-state index in [0.29, 0.717) is 59.9 Å². The van der Waals surface area contributed by atoms with E-state index >= 15 is 0 Å². The molecular weight excluding hydrogens is 686 g/mol. The predicted octanol–water partition coefficient (Wildman–Crippen LogP) is 8.85. The van der Waals surface area contributed by atoms with E-state index in [9.17, 15) is 4.79 Å². The summed E-state index contributed by atoms with van der Waals surface area (Å²) < 4.78 is 20.7. The first kappa shape index (κ1) is 28.2. The monoisotopic (exact) mass is 705 g/mol. The molecule has 0 aliphatic carbocycles. The van der Waals surface area contributed by atoms with Crippen LogP contribution in [0, 0.1) is 0 Å². The third-order valence-corrected chi connectivity index (χ3v) is 9.01. The third-order valence-electron chi connectivity index (χ3n) is 6.50. The number of aromatic nitrogens is 2. The summed E-state index contributed by atoms with van der Waals surface area (Å²) in [6, 6.07) is 25.9. The molecule has 10 heteroatoms. The zero-order valence-electron chi connectivity index (χ0n) is 22.2. The normalized spacial score (nSPS) is 11.5. The summed E-state index contributed by atoms with van der Waals surface area (Å²) in [5, 5.41) is 6.55. The molecule has 0 N–H and O–H groups in total. The molecule has 0 saturated carbocycles. The van der Waals surface area contributed by atoms with E-state index in [1.54, 1.807) is 30.5 Å². The summed E-state index contributed by atoms with van der Waals surface area (Å²) in [5.41, 5.74) is 2.40. The average Bonchev–Trinajstić information content (AvgIpc) is 3.44. The zero-order chi connectivity index (χ0) is 29.2. The Balaban J connectivity index is 1.44. The predicted molar refractivity (Wildman–Crippen MR) is 173 cm³/mol. The fourth-order valence-corrected chi connectivity index (χ4v) is 5.59. The van der Waals surface area contributed by atoms with Crippen molar-refractivity contribution in [3.8, 4) is 23.1 Å². The van der Waals surface area contributed by atoms with Gasteiger partial charge in [0.05, 0.1) is 28.2 Å². The van der Waals surface area contributed by atoms with Crippen LogP contribution in [0.1, 0.15) is 18.1 Å². The minimum Gasteiger partial charge on any atom is -0.490 e. The molecular formula is C32H22Br2ClN3O4. The molecule has 2 heterocycles. The number of rotatable bonds is 8. The zero-order valence-corrected chi connectivity index (χ0v) is 26.1. The number of furan rings is 1. The van der Waals surface area contributed by atoms with E-state index in [0.717, 1.165) is 10.9 Å². The lowest BCUT2D eigenvalue weighted by Gasteiger charge is -2.17. The molecule has 6 rings (SSSR count). The molecule has 0 saturated heterocycles. The van der Waals surface area contributed by atoms with E-state index in [1.165, 1.54) is 4.68 Å². The fraction of sp³-hybridized carbons (Fsp3) is 0.0938. The minimum absolute atomic E-state index is 0.247. The summed E-state index contributed by atoms with van der Waals surface area (Å²) in [6.07, 6.45) is 1.57. The lowest BCUT2D eigenvalue weighted by molar-refractivity contribution is 0.267. The van der Waals surface area contributed by atoms with Crippen molar-refractivity contribution in [2.24, 2.45) is 5.10 Å². The van der Waals surface area contributed by atoms with Crippen LogP contribution >= 0.6 is 43.5 Å². The molecule has 210 valence electrons. The van der Waals surface area contributed by atoms with Crippen LogP contribution < -0.4 is 15.0 Å². The number of nitrogens with zero attached hydrogens (tertiary/aromatic N) is 3.